The Balaban J connectivity index is 1.45. The number of primary amides is 1. The van der Waals surface area contributed by atoms with E-state index in [1.807, 2.05) is 0 Å². The number of rotatable bonds is 2. The lowest BCUT2D eigenvalue weighted by molar-refractivity contribution is -0.0389. The van der Waals surface area contributed by atoms with Crippen LogP contribution in [0.4, 0.5) is 4.39 Å². The highest BCUT2D eigenvalue weighted by molar-refractivity contribution is 6.31. The summed E-state index contributed by atoms with van der Waals surface area (Å²) in [5.41, 5.74) is 6.25. The number of piperidine rings is 1. The predicted molar refractivity (Wildman–Crippen MR) is 110 cm³/mol. The molecule has 9 heteroatoms. The second kappa shape index (κ2) is 6.81. The zero-order valence-corrected chi connectivity index (χ0v) is 17.0. The molecule has 1 spiro atoms. The van der Waals surface area contributed by atoms with E-state index in [1.165, 1.54) is 12.1 Å². The lowest BCUT2D eigenvalue weighted by atomic mass is 9.83. The smallest absolute Gasteiger partial charge is 0.339 e. The second-order valence-corrected chi connectivity index (χ2v) is 8.23. The van der Waals surface area contributed by atoms with E-state index in [9.17, 15) is 18.8 Å². The zero-order chi connectivity index (χ0) is 21.9. The largest absolute Gasteiger partial charge is 0.450 e. The van der Waals surface area contributed by atoms with Crippen LogP contribution in [0.3, 0.4) is 0 Å². The van der Waals surface area contributed by atoms with Crippen molar-refractivity contribution in [2.75, 3.05) is 13.1 Å². The standard InChI is InChI=1S/C22H17ClFN3O4/c23-11-1-3-13-16(9-11)26-18(19(25)28)17(13)20(29)27-7-5-22(6-8-27)15-4-2-12(24)10-14(15)21(30)31-22/h1-4,9-10,26H,5-8H2,(H2,25,28). The van der Waals surface area contributed by atoms with Crippen molar-refractivity contribution >= 4 is 40.3 Å². The van der Waals surface area contributed by atoms with Crippen LogP contribution in [-0.4, -0.2) is 40.8 Å². The molecule has 0 unspecified atom stereocenters. The summed E-state index contributed by atoms with van der Waals surface area (Å²) < 4.78 is 19.2. The topological polar surface area (TPSA) is 105 Å². The van der Waals surface area contributed by atoms with Gasteiger partial charge in [-0.15, -0.1) is 0 Å². The van der Waals surface area contributed by atoms with Gasteiger partial charge in [0, 0.05) is 47.4 Å². The lowest BCUT2D eigenvalue weighted by Gasteiger charge is -2.38. The van der Waals surface area contributed by atoms with Crippen LogP contribution in [0.5, 0.6) is 0 Å². The third kappa shape index (κ3) is 2.97. The molecule has 0 atom stereocenters. The third-order valence-corrected chi connectivity index (χ3v) is 6.29. The van der Waals surface area contributed by atoms with Gasteiger partial charge < -0.3 is 20.4 Å². The van der Waals surface area contributed by atoms with Crippen LogP contribution in [-0.2, 0) is 10.3 Å². The molecule has 31 heavy (non-hydrogen) atoms. The Labute approximate surface area is 180 Å². The van der Waals surface area contributed by atoms with E-state index in [0.717, 1.165) is 0 Å². The number of likely N-dealkylation sites (tertiary alicyclic amines) is 1. The number of carbonyl (C=O) groups is 3. The lowest BCUT2D eigenvalue weighted by Crippen LogP contribution is -2.45. The summed E-state index contributed by atoms with van der Waals surface area (Å²) in [6, 6.07) is 8.98. The number of nitrogens with two attached hydrogens (primary N) is 1. The molecule has 2 aliphatic heterocycles. The van der Waals surface area contributed by atoms with Gasteiger partial charge in [0.1, 0.15) is 17.1 Å². The van der Waals surface area contributed by atoms with Crippen molar-refractivity contribution in [1.82, 2.24) is 9.88 Å². The summed E-state index contributed by atoms with van der Waals surface area (Å²) in [5, 5.41) is 1.01. The molecular weight excluding hydrogens is 425 g/mol. The molecule has 1 aromatic heterocycles. The Morgan fingerprint density at radius 1 is 1.16 bits per heavy atom. The number of ether oxygens (including phenoxy) is 1. The highest BCUT2D eigenvalue weighted by Gasteiger charge is 2.48. The molecular formula is C22H17ClFN3O4. The molecule has 2 aliphatic rings. The maximum atomic E-state index is 13.6. The first-order valence-corrected chi connectivity index (χ1v) is 10.1. The number of esters is 1. The molecule has 1 saturated heterocycles. The van der Waals surface area contributed by atoms with Crippen LogP contribution >= 0.6 is 11.6 Å². The number of aromatic amines is 1. The number of carbonyl (C=O) groups excluding carboxylic acids is 3. The van der Waals surface area contributed by atoms with Crippen molar-refractivity contribution in [2.45, 2.75) is 18.4 Å². The van der Waals surface area contributed by atoms with Crippen molar-refractivity contribution in [1.29, 1.82) is 0 Å². The van der Waals surface area contributed by atoms with Gasteiger partial charge in [0.05, 0.1) is 11.1 Å². The van der Waals surface area contributed by atoms with E-state index in [4.69, 9.17) is 22.1 Å². The molecule has 1 fully saturated rings. The molecule has 7 nitrogen and oxygen atoms in total. The van der Waals surface area contributed by atoms with E-state index in [2.05, 4.69) is 4.98 Å². The number of hydrogen-bond donors (Lipinski definition) is 2. The average molecular weight is 442 g/mol. The highest BCUT2D eigenvalue weighted by atomic mass is 35.5. The van der Waals surface area contributed by atoms with Crippen molar-refractivity contribution in [2.24, 2.45) is 5.73 Å². The van der Waals surface area contributed by atoms with Gasteiger partial charge in [0.2, 0.25) is 0 Å². The van der Waals surface area contributed by atoms with Crippen molar-refractivity contribution in [3.05, 3.63) is 69.6 Å². The van der Waals surface area contributed by atoms with E-state index in [1.54, 1.807) is 29.2 Å². The molecule has 3 aromatic rings. The zero-order valence-electron chi connectivity index (χ0n) is 16.2. The minimum absolute atomic E-state index is 0.0238. The molecule has 0 saturated carbocycles. The van der Waals surface area contributed by atoms with E-state index in [0.29, 0.717) is 47.4 Å². The van der Waals surface area contributed by atoms with Gasteiger partial charge in [-0.05, 0) is 24.3 Å². The van der Waals surface area contributed by atoms with Crippen LogP contribution in [0.15, 0.2) is 36.4 Å². The van der Waals surface area contributed by atoms with Crippen LogP contribution in [0.2, 0.25) is 5.02 Å². The van der Waals surface area contributed by atoms with E-state index < -0.39 is 23.3 Å². The summed E-state index contributed by atoms with van der Waals surface area (Å²) in [5.74, 6) is -2.15. The minimum atomic E-state index is -0.878. The fourth-order valence-corrected chi connectivity index (χ4v) is 4.72. The number of nitrogens with zero attached hydrogens (tertiary/aromatic N) is 1. The first-order chi connectivity index (χ1) is 14.8. The van der Waals surface area contributed by atoms with E-state index in [-0.39, 0.29) is 22.7 Å². The number of aromatic nitrogens is 1. The first kappa shape index (κ1) is 19.6. The summed E-state index contributed by atoms with van der Waals surface area (Å²) in [6.45, 7) is 0.586. The number of nitrogens with one attached hydrogen (secondary N) is 1. The van der Waals surface area contributed by atoms with E-state index >= 15 is 0 Å². The Bertz CT molecular complexity index is 1280. The molecule has 0 bridgehead atoms. The highest BCUT2D eigenvalue weighted by Crippen LogP contribution is 2.44. The number of H-pyrrole nitrogens is 1. The van der Waals surface area contributed by atoms with Gasteiger partial charge in [-0.1, -0.05) is 23.7 Å². The summed E-state index contributed by atoms with van der Waals surface area (Å²) in [6.07, 6.45) is 0.729. The van der Waals surface area contributed by atoms with Gasteiger partial charge in [-0.25, -0.2) is 9.18 Å². The third-order valence-electron chi connectivity index (χ3n) is 6.06. The molecule has 158 valence electrons. The number of fused-ring (bicyclic) bond motifs is 3. The molecule has 5 rings (SSSR count). The Kier molecular flexibility index (Phi) is 4.30. The maximum absolute atomic E-state index is 13.6. The predicted octanol–water partition coefficient (Wildman–Crippen LogP) is 3.36. The number of hydrogen-bond acceptors (Lipinski definition) is 4. The van der Waals surface area contributed by atoms with Gasteiger partial charge in [0.15, 0.2) is 0 Å². The summed E-state index contributed by atoms with van der Waals surface area (Å²) in [7, 11) is 0. The molecule has 0 radical (unpaired) electrons. The maximum Gasteiger partial charge on any atom is 0.339 e. The van der Waals surface area contributed by atoms with Crippen LogP contribution < -0.4 is 5.73 Å². The molecule has 0 aliphatic carbocycles. The Hall–Kier alpha value is -3.39. The van der Waals surface area contributed by atoms with Gasteiger partial charge in [0.25, 0.3) is 11.8 Å². The second-order valence-electron chi connectivity index (χ2n) is 7.80. The number of halogens is 2. The molecule has 3 heterocycles. The molecule has 3 N–H and O–H groups in total. The monoisotopic (exact) mass is 441 g/mol. The Morgan fingerprint density at radius 3 is 2.61 bits per heavy atom. The van der Waals surface area contributed by atoms with Gasteiger partial charge in [-0.3, -0.25) is 9.59 Å². The van der Waals surface area contributed by atoms with Gasteiger partial charge in [-0.2, -0.15) is 0 Å². The molecule has 2 aromatic carbocycles. The molecule has 2 amide bonds. The minimum Gasteiger partial charge on any atom is -0.450 e. The Morgan fingerprint density at radius 2 is 1.90 bits per heavy atom. The van der Waals surface area contributed by atoms with Crippen LogP contribution in [0.25, 0.3) is 10.9 Å². The van der Waals surface area contributed by atoms with Gasteiger partial charge >= 0.3 is 5.97 Å². The summed E-state index contributed by atoms with van der Waals surface area (Å²) >= 11 is 6.02. The average Bonchev–Trinajstić information content (AvgIpc) is 3.23. The van der Waals surface area contributed by atoms with Crippen LogP contribution in [0, 0.1) is 5.82 Å². The fourth-order valence-electron chi connectivity index (χ4n) is 4.55. The number of benzene rings is 2. The fraction of sp³-hybridized carbons (Fsp3) is 0.227. The van der Waals surface area contributed by atoms with Crippen molar-refractivity contribution in [3.63, 3.8) is 0 Å². The summed E-state index contributed by atoms with van der Waals surface area (Å²) in [4.78, 5) is 42.1. The first-order valence-electron chi connectivity index (χ1n) is 9.73. The van der Waals surface area contributed by atoms with Crippen molar-refractivity contribution in [3.8, 4) is 0 Å². The quantitative estimate of drug-likeness (QED) is 0.595. The number of amides is 2. The normalized spacial score (nSPS) is 17.1. The van der Waals surface area contributed by atoms with Crippen LogP contribution in [0.1, 0.15) is 49.6 Å². The SMILES string of the molecule is NC(=O)c1[nH]c2cc(Cl)ccc2c1C(=O)N1CCC2(CC1)OC(=O)c1cc(F)ccc12. The van der Waals surface area contributed by atoms with Crippen molar-refractivity contribution < 1.29 is 23.5 Å².